The van der Waals surface area contributed by atoms with E-state index in [2.05, 4.69) is 73.7 Å². The van der Waals surface area contributed by atoms with Crippen LogP contribution in [-0.4, -0.2) is 31.9 Å². The van der Waals surface area contributed by atoms with Crippen LogP contribution in [0.3, 0.4) is 0 Å². The van der Waals surface area contributed by atoms with E-state index in [0.717, 1.165) is 29.7 Å². The molecular formula is C36H38O4. The van der Waals surface area contributed by atoms with Crippen molar-refractivity contribution in [1.82, 2.24) is 0 Å². The van der Waals surface area contributed by atoms with Crippen molar-refractivity contribution in [2.24, 2.45) is 0 Å². The maximum absolute atomic E-state index is 12.5. The minimum absolute atomic E-state index is 0.319. The zero-order valence-corrected chi connectivity index (χ0v) is 23.4. The van der Waals surface area contributed by atoms with Gasteiger partial charge in [-0.1, -0.05) is 97.1 Å². The predicted molar refractivity (Wildman–Crippen MR) is 162 cm³/mol. The van der Waals surface area contributed by atoms with E-state index in [0.29, 0.717) is 26.2 Å². The van der Waals surface area contributed by atoms with E-state index in [1.165, 1.54) is 22.3 Å². The average molecular weight is 535 g/mol. The molecule has 0 saturated carbocycles. The number of benzene rings is 4. The summed E-state index contributed by atoms with van der Waals surface area (Å²) in [7, 11) is 0. The number of aryl methyl sites for hydroxylation is 1. The van der Waals surface area contributed by atoms with Gasteiger partial charge in [0.15, 0.2) is 6.10 Å². The molecule has 1 unspecified atom stereocenters. The number of hydrogen-bond acceptors (Lipinski definition) is 4. The van der Waals surface area contributed by atoms with Crippen LogP contribution >= 0.6 is 0 Å². The third-order valence-electron chi connectivity index (χ3n) is 6.75. The summed E-state index contributed by atoms with van der Waals surface area (Å²) in [6.45, 7) is 5.22. The summed E-state index contributed by atoms with van der Waals surface area (Å²) in [5.74, 6) is 0.462. The summed E-state index contributed by atoms with van der Waals surface area (Å²) < 4.78 is 17.2. The Balaban J connectivity index is 1.26. The van der Waals surface area contributed by atoms with Gasteiger partial charge >= 0.3 is 5.97 Å². The lowest BCUT2D eigenvalue weighted by Crippen LogP contribution is -2.29. The molecule has 0 radical (unpaired) electrons. The molecule has 0 aliphatic rings. The Bertz CT molecular complexity index is 1330. The number of ether oxygens (including phenoxy) is 3. The van der Waals surface area contributed by atoms with Gasteiger partial charge in [0.05, 0.1) is 6.61 Å². The zero-order valence-electron chi connectivity index (χ0n) is 23.4. The third-order valence-corrected chi connectivity index (χ3v) is 6.75. The lowest BCUT2D eigenvalue weighted by molar-refractivity contribution is -0.156. The Hall–Kier alpha value is -4.15. The highest BCUT2D eigenvalue weighted by Crippen LogP contribution is 2.22. The second-order valence-electron chi connectivity index (χ2n) is 9.69. The summed E-state index contributed by atoms with van der Waals surface area (Å²) in [5.41, 5.74) is 7.02. The number of carbonyl (C=O) groups is 1. The molecule has 0 bridgehead atoms. The van der Waals surface area contributed by atoms with E-state index in [4.69, 9.17) is 14.2 Å². The first kappa shape index (κ1) is 28.8. The molecule has 4 aromatic rings. The lowest BCUT2D eigenvalue weighted by atomic mass is 10.0. The summed E-state index contributed by atoms with van der Waals surface area (Å²) in [6, 6.07) is 37.1. The summed E-state index contributed by atoms with van der Waals surface area (Å²) in [4.78, 5) is 12.5. The second kappa shape index (κ2) is 15.4. The molecule has 0 amide bonds. The van der Waals surface area contributed by atoms with E-state index in [1.807, 2.05) is 55.5 Å². The van der Waals surface area contributed by atoms with Gasteiger partial charge in [-0.2, -0.15) is 0 Å². The van der Waals surface area contributed by atoms with Crippen LogP contribution < -0.4 is 4.74 Å². The summed E-state index contributed by atoms with van der Waals surface area (Å²) in [5, 5.41) is 0. The Morgan fingerprint density at radius 3 is 2.10 bits per heavy atom. The van der Waals surface area contributed by atoms with Gasteiger partial charge < -0.3 is 14.2 Å². The second-order valence-corrected chi connectivity index (χ2v) is 9.69. The number of allylic oxidation sites excluding steroid dienone is 1. The van der Waals surface area contributed by atoms with Crippen molar-refractivity contribution in [2.45, 2.75) is 39.2 Å². The molecule has 0 heterocycles. The highest BCUT2D eigenvalue weighted by Gasteiger charge is 2.21. The third kappa shape index (κ3) is 8.96. The molecule has 0 saturated heterocycles. The van der Waals surface area contributed by atoms with Crippen molar-refractivity contribution in [3.63, 3.8) is 0 Å². The highest BCUT2D eigenvalue weighted by molar-refractivity contribution is 5.75. The van der Waals surface area contributed by atoms with Crippen LogP contribution in [0.2, 0.25) is 0 Å². The van der Waals surface area contributed by atoms with Crippen molar-refractivity contribution in [1.29, 1.82) is 0 Å². The van der Waals surface area contributed by atoms with Gasteiger partial charge in [-0.15, -0.1) is 0 Å². The number of rotatable bonds is 14. The van der Waals surface area contributed by atoms with Crippen LogP contribution in [0.1, 0.15) is 37.0 Å². The van der Waals surface area contributed by atoms with Gasteiger partial charge in [-0.25, -0.2) is 4.79 Å². The molecule has 0 N–H and O–H groups in total. The number of hydrogen-bond donors (Lipinski definition) is 0. The first-order chi connectivity index (χ1) is 19.6. The Morgan fingerprint density at radius 2 is 1.43 bits per heavy atom. The van der Waals surface area contributed by atoms with Crippen LogP contribution in [0.15, 0.2) is 115 Å². The van der Waals surface area contributed by atoms with E-state index in [-0.39, 0.29) is 5.97 Å². The van der Waals surface area contributed by atoms with Crippen molar-refractivity contribution >= 4 is 11.5 Å². The number of carbonyl (C=O) groups excluding carboxylic acids is 1. The minimum atomic E-state index is -0.624. The van der Waals surface area contributed by atoms with Crippen molar-refractivity contribution < 1.29 is 19.0 Å². The predicted octanol–water partition coefficient (Wildman–Crippen LogP) is 7.96. The Labute approximate surface area is 238 Å². The maximum atomic E-state index is 12.5. The fourth-order valence-electron chi connectivity index (χ4n) is 4.46. The average Bonchev–Trinajstić information content (AvgIpc) is 3.00. The van der Waals surface area contributed by atoms with Gasteiger partial charge in [0.2, 0.25) is 0 Å². The molecule has 0 fully saturated rings. The van der Waals surface area contributed by atoms with Crippen LogP contribution in [-0.2, 0) is 27.1 Å². The van der Waals surface area contributed by atoms with Crippen molar-refractivity contribution in [2.75, 3.05) is 19.8 Å². The Morgan fingerprint density at radius 1 is 0.775 bits per heavy atom. The minimum Gasteiger partial charge on any atom is -0.490 e. The van der Waals surface area contributed by atoms with Crippen molar-refractivity contribution in [3.05, 3.63) is 132 Å². The quantitative estimate of drug-likeness (QED) is 0.122. The summed E-state index contributed by atoms with van der Waals surface area (Å²) in [6.07, 6.45) is 3.68. The van der Waals surface area contributed by atoms with Gasteiger partial charge in [-0.05, 0) is 78.3 Å². The molecular weight excluding hydrogens is 496 g/mol. The van der Waals surface area contributed by atoms with E-state index in [1.54, 1.807) is 0 Å². The molecule has 206 valence electrons. The molecule has 4 rings (SSSR count). The smallest absolute Gasteiger partial charge is 0.335 e. The lowest BCUT2D eigenvalue weighted by Gasteiger charge is -2.17. The molecule has 0 aliphatic heterocycles. The van der Waals surface area contributed by atoms with Gasteiger partial charge in [0.1, 0.15) is 12.4 Å². The van der Waals surface area contributed by atoms with E-state index >= 15 is 0 Å². The van der Waals surface area contributed by atoms with Crippen molar-refractivity contribution in [3.8, 4) is 16.9 Å². The molecule has 0 spiro atoms. The first-order valence-electron chi connectivity index (χ1n) is 14.0. The normalized spacial score (nSPS) is 12.1. The molecule has 4 nitrogen and oxygen atoms in total. The molecule has 0 aromatic heterocycles. The summed E-state index contributed by atoms with van der Waals surface area (Å²) >= 11 is 0. The zero-order chi connectivity index (χ0) is 28.0. The van der Waals surface area contributed by atoms with Crippen LogP contribution in [0, 0.1) is 0 Å². The van der Waals surface area contributed by atoms with Gasteiger partial charge in [0.25, 0.3) is 0 Å². The van der Waals surface area contributed by atoms with Gasteiger partial charge in [-0.3, -0.25) is 0 Å². The molecule has 1 atom stereocenters. The number of esters is 1. The fraction of sp³-hybridized carbons (Fsp3) is 0.250. The monoisotopic (exact) mass is 534 g/mol. The SMILES string of the molecule is CCOC(=O)C(Cc1ccc(OC/C=C(\C)c2ccc(-c3ccccc3)cc2)cc1)OCCCc1ccccc1. The highest BCUT2D eigenvalue weighted by atomic mass is 16.6. The molecule has 4 heteroatoms. The van der Waals surface area contributed by atoms with E-state index in [9.17, 15) is 4.79 Å². The Kier molecular flexibility index (Phi) is 11.1. The molecule has 0 aliphatic carbocycles. The first-order valence-corrected chi connectivity index (χ1v) is 14.0. The molecule has 40 heavy (non-hydrogen) atoms. The van der Waals surface area contributed by atoms with Crippen LogP contribution in [0.25, 0.3) is 16.7 Å². The fourth-order valence-corrected chi connectivity index (χ4v) is 4.46. The maximum Gasteiger partial charge on any atom is 0.335 e. The van der Waals surface area contributed by atoms with Crippen LogP contribution in [0.4, 0.5) is 0 Å². The largest absolute Gasteiger partial charge is 0.490 e. The van der Waals surface area contributed by atoms with Crippen LogP contribution in [0.5, 0.6) is 5.75 Å². The van der Waals surface area contributed by atoms with Gasteiger partial charge in [0, 0.05) is 13.0 Å². The standard InChI is InChI=1S/C36H38O4/c1-3-38-36(37)35(40-25-10-13-29-11-6-4-7-12-29)27-30-16-22-34(23-17-30)39-26-24-28(2)31-18-20-33(21-19-31)32-14-8-5-9-15-32/h4-9,11-12,14-24,35H,3,10,13,25-27H2,1-2H3/b28-24+. The topological polar surface area (TPSA) is 44.8 Å². The molecule has 4 aromatic carbocycles. The van der Waals surface area contributed by atoms with E-state index < -0.39 is 6.10 Å².